The first kappa shape index (κ1) is 13.7. The van der Waals surface area contributed by atoms with Crippen LogP contribution in [0.2, 0.25) is 0 Å². The third-order valence-corrected chi connectivity index (χ3v) is 3.50. The molecule has 4 N–H and O–H groups in total. The average molecular weight is 291 g/mol. The number of nitrogens with two attached hydrogens (primary N) is 1. The van der Waals surface area contributed by atoms with E-state index in [1.807, 2.05) is 6.07 Å². The highest BCUT2D eigenvalue weighted by atomic mass is 16.3. The van der Waals surface area contributed by atoms with Crippen molar-refractivity contribution in [1.82, 2.24) is 4.98 Å². The lowest BCUT2D eigenvalue weighted by Gasteiger charge is -2.14. The molecule has 108 valence electrons. The van der Waals surface area contributed by atoms with Gasteiger partial charge in [-0.05, 0) is 30.5 Å². The van der Waals surface area contributed by atoms with Crippen LogP contribution in [0.25, 0.3) is 11.1 Å². The van der Waals surface area contributed by atoms with Crippen molar-refractivity contribution in [2.24, 2.45) is 0 Å². The number of rotatable bonds is 3. The van der Waals surface area contributed by atoms with E-state index in [4.69, 9.17) is 5.73 Å². The third kappa shape index (κ3) is 2.38. The van der Waals surface area contributed by atoms with Crippen molar-refractivity contribution in [2.45, 2.75) is 18.9 Å². The lowest BCUT2D eigenvalue weighted by atomic mass is 9.96. The van der Waals surface area contributed by atoms with Crippen molar-refractivity contribution in [3.05, 3.63) is 35.4 Å². The van der Waals surface area contributed by atoms with Gasteiger partial charge in [-0.25, -0.2) is 4.98 Å². The van der Waals surface area contributed by atoms with Crippen LogP contribution in [0.4, 0.5) is 11.6 Å². The average Bonchev–Trinajstić information content (AvgIpc) is 3.30. The molecule has 0 unspecified atom stereocenters. The first-order valence-corrected chi connectivity index (χ1v) is 6.83. The van der Waals surface area contributed by atoms with E-state index in [2.05, 4.69) is 16.4 Å². The number of nitriles is 2. The number of hydrogen-bond donors (Lipinski definition) is 3. The van der Waals surface area contributed by atoms with Crippen molar-refractivity contribution in [3.8, 4) is 29.0 Å². The number of nitrogen functional groups attached to an aromatic ring is 1. The summed E-state index contributed by atoms with van der Waals surface area (Å²) in [6, 6.07) is 10.8. The zero-order chi connectivity index (χ0) is 15.7. The maximum Gasteiger partial charge on any atom is 0.147 e. The second-order valence-electron chi connectivity index (χ2n) is 5.16. The minimum absolute atomic E-state index is 0.0531. The number of pyridine rings is 1. The summed E-state index contributed by atoms with van der Waals surface area (Å²) in [4.78, 5) is 4.16. The summed E-state index contributed by atoms with van der Waals surface area (Å²) in [7, 11) is 0. The van der Waals surface area contributed by atoms with Gasteiger partial charge in [-0.15, -0.1) is 0 Å². The van der Waals surface area contributed by atoms with Crippen molar-refractivity contribution in [2.75, 3.05) is 11.1 Å². The number of anilines is 2. The predicted octanol–water partition coefficient (Wildman–Crippen LogP) is 2.35. The molecule has 22 heavy (non-hydrogen) atoms. The zero-order valence-electron chi connectivity index (χ0n) is 11.7. The molecule has 2 aromatic rings. The highest BCUT2D eigenvalue weighted by molar-refractivity contribution is 5.85. The van der Waals surface area contributed by atoms with E-state index in [1.165, 1.54) is 12.1 Å². The summed E-state index contributed by atoms with van der Waals surface area (Å²) in [5, 5.41) is 31.7. The summed E-state index contributed by atoms with van der Waals surface area (Å²) in [5.74, 6) is 0.514. The summed E-state index contributed by atoms with van der Waals surface area (Å²) in [6.45, 7) is 0. The summed E-state index contributed by atoms with van der Waals surface area (Å²) in [6.07, 6.45) is 2.04. The maximum atomic E-state index is 9.67. The maximum absolute atomic E-state index is 9.67. The largest absolute Gasteiger partial charge is 0.508 e. The third-order valence-electron chi connectivity index (χ3n) is 3.50. The van der Waals surface area contributed by atoms with E-state index in [1.54, 1.807) is 12.1 Å². The van der Waals surface area contributed by atoms with Gasteiger partial charge in [0.2, 0.25) is 0 Å². The molecule has 0 radical (unpaired) electrons. The standard InChI is InChI=1S/C16H13N5O/c17-7-12-14(9-2-1-3-11(22)6-9)13(8-18)16(21-15(12)19)20-10-4-5-10/h1-3,6,10,22H,4-5H2,(H3,19,20,21). The van der Waals surface area contributed by atoms with E-state index in [9.17, 15) is 15.6 Å². The van der Waals surface area contributed by atoms with Crippen LogP contribution in [0.5, 0.6) is 5.75 Å². The number of aromatic nitrogens is 1. The lowest BCUT2D eigenvalue weighted by molar-refractivity contribution is 0.475. The number of benzene rings is 1. The Balaban J connectivity index is 2.27. The van der Waals surface area contributed by atoms with Crippen LogP contribution >= 0.6 is 0 Å². The number of hydrogen-bond acceptors (Lipinski definition) is 6. The van der Waals surface area contributed by atoms with E-state index in [0.29, 0.717) is 23.0 Å². The molecular weight excluding hydrogens is 278 g/mol. The monoisotopic (exact) mass is 291 g/mol. The van der Waals surface area contributed by atoms with Crippen LogP contribution in [-0.4, -0.2) is 16.1 Å². The van der Waals surface area contributed by atoms with Crippen molar-refractivity contribution in [3.63, 3.8) is 0 Å². The van der Waals surface area contributed by atoms with Crippen molar-refractivity contribution in [1.29, 1.82) is 10.5 Å². The van der Waals surface area contributed by atoms with Crippen LogP contribution in [0.3, 0.4) is 0 Å². The second-order valence-corrected chi connectivity index (χ2v) is 5.16. The number of aromatic hydroxyl groups is 1. The Morgan fingerprint density at radius 1 is 1.23 bits per heavy atom. The fourth-order valence-corrected chi connectivity index (χ4v) is 2.30. The van der Waals surface area contributed by atoms with Gasteiger partial charge in [0, 0.05) is 11.6 Å². The molecule has 6 nitrogen and oxygen atoms in total. The molecule has 0 amide bonds. The Kier molecular flexibility index (Phi) is 3.28. The molecular formula is C16H13N5O. The number of nitrogens with zero attached hydrogens (tertiary/aromatic N) is 3. The summed E-state index contributed by atoms with van der Waals surface area (Å²) < 4.78 is 0. The predicted molar refractivity (Wildman–Crippen MR) is 81.8 cm³/mol. The molecule has 0 aliphatic heterocycles. The number of phenols is 1. The molecule has 1 aromatic carbocycles. The van der Waals surface area contributed by atoms with E-state index < -0.39 is 0 Å². The molecule has 1 aromatic heterocycles. The van der Waals surface area contributed by atoms with Crippen LogP contribution in [0, 0.1) is 22.7 Å². The first-order chi connectivity index (χ1) is 10.6. The highest BCUT2D eigenvalue weighted by Crippen LogP contribution is 2.36. The minimum Gasteiger partial charge on any atom is -0.508 e. The Morgan fingerprint density at radius 3 is 2.55 bits per heavy atom. The molecule has 1 heterocycles. The molecule has 0 bridgehead atoms. The topological polar surface area (TPSA) is 119 Å². The molecule has 1 aliphatic carbocycles. The Hall–Kier alpha value is -3.25. The Morgan fingerprint density at radius 2 is 1.95 bits per heavy atom. The molecule has 0 spiro atoms. The SMILES string of the molecule is N#Cc1c(N)nc(NC2CC2)c(C#N)c1-c1cccc(O)c1. The van der Waals surface area contributed by atoms with E-state index >= 15 is 0 Å². The van der Waals surface area contributed by atoms with Gasteiger partial charge in [-0.3, -0.25) is 0 Å². The summed E-state index contributed by atoms with van der Waals surface area (Å²) >= 11 is 0. The van der Waals surface area contributed by atoms with Gasteiger partial charge < -0.3 is 16.2 Å². The Bertz CT molecular complexity index is 828. The molecule has 1 saturated carbocycles. The Labute approximate surface area is 127 Å². The molecule has 1 fully saturated rings. The normalized spacial score (nSPS) is 13.2. The van der Waals surface area contributed by atoms with Crippen LogP contribution in [0.15, 0.2) is 24.3 Å². The quantitative estimate of drug-likeness (QED) is 0.798. The smallest absolute Gasteiger partial charge is 0.147 e. The first-order valence-electron chi connectivity index (χ1n) is 6.83. The molecule has 0 atom stereocenters. The van der Waals surface area contributed by atoms with Gasteiger partial charge in [0.15, 0.2) is 0 Å². The zero-order valence-corrected chi connectivity index (χ0v) is 11.7. The molecule has 1 aliphatic rings. The number of phenolic OH excluding ortho intramolecular Hbond substituents is 1. The van der Waals surface area contributed by atoms with Gasteiger partial charge in [0.05, 0.1) is 0 Å². The van der Waals surface area contributed by atoms with Gasteiger partial charge in [0.1, 0.15) is 40.7 Å². The van der Waals surface area contributed by atoms with E-state index in [-0.39, 0.29) is 22.7 Å². The second kappa shape index (κ2) is 5.27. The van der Waals surface area contributed by atoms with Crippen LogP contribution < -0.4 is 11.1 Å². The van der Waals surface area contributed by atoms with Crippen LogP contribution in [0.1, 0.15) is 24.0 Å². The van der Waals surface area contributed by atoms with Gasteiger partial charge in [-0.1, -0.05) is 12.1 Å². The molecule has 0 saturated heterocycles. The molecule has 6 heteroatoms. The van der Waals surface area contributed by atoms with Gasteiger partial charge in [0.25, 0.3) is 0 Å². The van der Waals surface area contributed by atoms with Crippen molar-refractivity contribution < 1.29 is 5.11 Å². The van der Waals surface area contributed by atoms with Crippen molar-refractivity contribution >= 4 is 11.6 Å². The fourth-order valence-electron chi connectivity index (χ4n) is 2.30. The molecule has 3 rings (SSSR count). The highest BCUT2D eigenvalue weighted by Gasteiger charge is 2.26. The lowest BCUT2D eigenvalue weighted by Crippen LogP contribution is -2.10. The number of nitrogens with one attached hydrogen (secondary N) is 1. The van der Waals surface area contributed by atoms with Gasteiger partial charge >= 0.3 is 0 Å². The van der Waals surface area contributed by atoms with Gasteiger partial charge in [-0.2, -0.15) is 10.5 Å². The minimum atomic E-state index is 0.0531. The van der Waals surface area contributed by atoms with E-state index in [0.717, 1.165) is 12.8 Å². The summed E-state index contributed by atoms with van der Waals surface area (Å²) in [5.41, 5.74) is 7.25. The fraction of sp³-hybridized carbons (Fsp3) is 0.188. The van der Waals surface area contributed by atoms with Crippen LogP contribution in [-0.2, 0) is 0 Å².